The maximum absolute atomic E-state index is 13.1. The Bertz CT molecular complexity index is 637. The molecule has 2 aliphatic rings. The number of rotatable bonds is 2. The van der Waals surface area contributed by atoms with Gasteiger partial charge in [0.2, 0.25) is 5.91 Å². The fraction of sp³-hybridized carbons (Fsp3) is 0.706. The Kier molecular flexibility index (Phi) is 3.94. The molecule has 1 aromatic rings. The summed E-state index contributed by atoms with van der Waals surface area (Å²) >= 11 is 0. The van der Waals surface area contributed by atoms with Gasteiger partial charge in [0.1, 0.15) is 5.54 Å². The number of aryl methyl sites for hydroxylation is 1. The molecular formula is C17H26N4O2. The van der Waals surface area contributed by atoms with Crippen molar-refractivity contribution in [1.29, 1.82) is 0 Å². The van der Waals surface area contributed by atoms with Crippen LogP contribution in [0.15, 0.2) is 6.20 Å². The molecule has 0 N–H and O–H groups in total. The van der Waals surface area contributed by atoms with Crippen molar-refractivity contribution >= 4 is 11.8 Å². The first-order valence-corrected chi connectivity index (χ1v) is 8.50. The fourth-order valence-corrected chi connectivity index (χ4v) is 4.02. The zero-order chi connectivity index (χ0) is 16.8. The third-order valence-corrected chi connectivity index (χ3v) is 5.47. The molecular weight excluding hydrogens is 292 g/mol. The Morgan fingerprint density at radius 2 is 1.91 bits per heavy atom. The van der Waals surface area contributed by atoms with Gasteiger partial charge >= 0.3 is 0 Å². The summed E-state index contributed by atoms with van der Waals surface area (Å²) in [6, 6.07) is 0.178. The minimum absolute atomic E-state index is 0.0490. The molecule has 2 saturated heterocycles. The minimum atomic E-state index is -0.637. The van der Waals surface area contributed by atoms with Gasteiger partial charge in [-0.05, 0) is 46.5 Å². The molecule has 2 fully saturated rings. The lowest BCUT2D eigenvalue weighted by Crippen LogP contribution is -2.62. The highest BCUT2D eigenvalue weighted by Gasteiger charge is 2.53. The molecule has 3 heterocycles. The van der Waals surface area contributed by atoms with E-state index in [0.29, 0.717) is 12.1 Å². The summed E-state index contributed by atoms with van der Waals surface area (Å²) in [6.45, 7) is 7.44. The molecule has 0 aromatic carbocycles. The van der Waals surface area contributed by atoms with Crippen molar-refractivity contribution in [3.05, 3.63) is 17.5 Å². The predicted octanol–water partition coefficient (Wildman–Crippen LogP) is 1.73. The number of carbonyl (C=O) groups excluding carboxylic acids is 2. The van der Waals surface area contributed by atoms with Gasteiger partial charge in [-0.1, -0.05) is 0 Å². The first-order valence-electron chi connectivity index (χ1n) is 8.50. The summed E-state index contributed by atoms with van der Waals surface area (Å²) in [5.74, 6) is 0.0817. The third kappa shape index (κ3) is 2.35. The van der Waals surface area contributed by atoms with Crippen molar-refractivity contribution in [3.63, 3.8) is 0 Å². The highest BCUT2D eigenvalue weighted by molar-refractivity contribution is 6.00. The maximum atomic E-state index is 13.1. The lowest BCUT2D eigenvalue weighted by atomic mass is 9.84. The number of nitrogens with zero attached hydrogens (tertiary/aromatic N) is 4. The summed E-state index contributed by atoms with van der Waals surface area (Å²) in [6.07, 6.45) is 5.03. The van der Waals surface area contributed by atoms with E-state index < -0.39 is 5.54 Å². The van der Waals surface area contributed by atoms with Crippen LogP contribution in [0.3, 0.4) is 0 Å². The molecule has 23 heavy (non-hydrogen) atoms. The van der Waals surface area contributed by atoms with Gasteiger partial charge in [-0.3, -0.25) is 14.3 Å². The van der Waals surface area contributed by atoms with Crippen molar-refractivity contribution in [3.8, 4) is 0 Å². The van der Waals surface area contributed by atoms with Gasteiger partial charge in [0.25, 0.3) is 5.91 Å². The molecule has 0 saturated carbocycles. The normalized spacial score (nSPS) is 25.0. The zero-order valence-corrected chi connectivity index (χ0v) is 14.5. The molecule has 126 valence electrons. The van der Waals surface area contributed by atoms with Crippen LogP contribution in [0.5, 0.6) is 0 Å². The number of hydrogen-bond donors (Lipinski definition) is 0. The van der Waals surface area contributed by atoms with Gasteiger partial charge in [-0.15, -0.1) is 0 Å². The van der Waals surface area contributed by atoms with Crippen LogP contribution in [0.1, 0.15) is 55.6 Å². The lowest BCUT2D eigenvalue weighted by Gasteiger charge is -2.46. The Morgan fingerprint density at radius 1 is 1.26 bits per heavy atom. The number of likely N-dealkylation sites (tertiary alicyclic amines) is 2. The van der Waals surface area contributed by atoms with Crippen LogP contribution in [0.4, 0.5) is 0 Å². The van der Waals surface area contributed by atoms with Crippen molar-refractivity contribution in [2.75, 3.05) is 13.1 Å². The number of hydrogen-bond acceptors (Lipinski definition) is 3. The van der Waals surface area contributed by atoms with E-state index >= 15 is 0 Å². The SMILES string of the molecule is Cc1c(C(=O)N2CCCC23CCCN(C(C)C)C3=O)cnn1C. The third-order valence-electron chi connectivity index (χ3n) is 5.47. The second kappa shape index (κ2) is 5.65. The van der Waals surface area contributed by atoms with Crippen LogP contribution in [-0.2, 0) is 11.8 Å². The van der Waals surface area contributed by atoms with Crippen LogP contribution >= 0.6 is 0 Å². The summed E-state index contributed by atoms with van der Waals surface area (Å²) in [5, 5.41) is 4.18. The van der Waals surface area contributed by atoms with Crippen LogP contribution < -0.4 is 0 Å². The van der Waals surface area contributed by atoms with Crippen LogP contribution in [0.25, 0.3) is 0 Å². The van der Waals surface area contributed by atoms with Crippen molar-refractivity contribution < 1.29 is 9.59 Å². The lowest BCUT2D eigenvalue weighted by molar-refractivity contribution is -0.147. The van der Waals surface area contributed by atoms with Crippen LogP contribution in [0, 0.1) is 6.92 Å². The Balaban J connectivity index is 1.94. The summed E-state index contributed by atoms with van der Waals surface area (Å²) in [4.78, 5) is 30.0. The molecule has 1 aromatic heterocycles. The fourth-order valence-electron chi connectivity index (χ4n) is 4.02. The molecule has 3 rings (SSSR count). The molecule has 6 heteroatoms. The van der Waals surface area contributed by atoms with Crippen LogP contribution in [0.2, 0.25) is 0 Å². The van der Waals surface area contributed by atoms with E-state index in [2.05, 4.69) is 5.10 Å². The monoisotopic (exact) mass is 318 g/mol. The van der Waals surface area contributed by atoms with Gasteiger partial charge in [-0.2, -0.15) is 5.10 Å². The molecule has 6 nitrogen and oxygen atoms in total. The smallest absolute Gasteiger partial charge is 0.258 e. The Morgan fingerprint density at radius 3 is 2.48 bits per heavy atom. The second-order valence-electron chi connectivity index (χ2n) is 7.06. The second-order valence-corrected chi connectivity index (χ2v) is 7.06. The molecule has 1 spiro atoms. The quantitative estimate of drug-likeness (QED) is 0.834. The Labute approximate surface area is 137 Å². The first-order chi connectivity index (χ1) is 10.9. The highest BCUT2D eigenvalue weighted by Crippen LogP contribution is 2.39. The van der Waals surface area contributed by atoms with E-state index in [4.69, 9.17) is 0 Å². The number of amides is 2. The topological polar surface area (TPSA) is 58.4 Å². The van der Waals surface area contributed by atoms with Crippen molar-refractivity contribution in [2.45, 2.75) is 58.0 Å². The summed E-state index contributed by atoms with van der Waals surface area (Å²) in [7, 11) is 1.83. The highest BCUT2D eigenvalue weighted by atomic mass is 16.2. The molecule has 2 aliphatic heterocycles. The molecule has 0 radical (unpaired) electrons. The summed E-state index contributed by atoms with van der Waals surface area (Å²) in [5.41, 5.74) is 0.825. The predicted molar refractivity (Wildman–Crippen MR) is 87.0 cm³/mol. The van der Waals surface area contributed by atoms with E-state index in [-0.39, 0.29) is 17.9 Å². The van der Waals surface area contributed by atoms with Crippen molar-refractivity contribution in [2.24, 2.45) is 7.05 Å². The largest absolute Gasteiger partial charge is 0.338 e. The first kappa shape index (κ1) is 16.0. The maximum Gasteiger partial charge on any atom is 0.258 e. The average Bonchev–Trinajstić information content (AvgIpc) is 3.07. The number of piperidine rings is 1. The van der Waals surface area contributed by atoms with Gasteiger partial charge < -0.3 is 9.80 Å². The van der Waals surface area contributed by atoms with Crippen LogP contribution in [-0.4, -0.2) is 56.1 Å². The van der Waals surface area contributed by atoms with E-state index in [1.807, 2.05) is 37.6 Å². The minimum Gasteiger partial charge on any atom is -0.338 e. The zero-order valence-electron chi connectivity index (χ0n) is 14.5. The molecule has 1 atom stereocenters. The summed E-state index contributed by atoms with van der Waals surface area (Å²) < 4.78 is 1.71. The van der Waals surface area contributed by atoms with E-state index in [9.17, 15) is 9.59 Å². The van der Waals surface area contributed by atoms with Crippen molar-refractivity contribution in [1.82, 2.24) is 19.6 Å². The molecule has 0 aliphatic carbocycles. The van der Waals surface area contributed by atoms with Gasteiger partial charge in [-0.25, -0.2) is 0 Å². The van der Waals surface area contributed by atoms with E-state index in [1.165, 1.54) is 0 Å². The number of carbonyl (C=O) groups is 2. The molecule has 0 bridgehead atoms. The van der Waals surface area contributed by atoms with E-state index in [0.717, 1.165) is 37.9 Å². The average molecular weight is 318 g/mol. The number of aromatic nitrogens is 2. The van der Waals surface area contributed by atoms with Gasteiger partial charge in [0.15, 0.2) is 0 Å². The van der Waals surface area contributed by atoms with Gasteiger partial charge in [0.05, 0.1) is 11.8 Å². The standard InChI is InChI=1S/C17H26N4O2/c1-12(2)20-9-5-7-17(16(20)23)8-6-10-21(17)15(22)14-11-18-19(4)13(14)3/h11-12H,5-10H2,1-4H3. The van der Waals surface area contributed by atoms with Gasteiger partial charge in [0, 0.05) is 31.9 Å². The molecule has 2 amide bonds. The Hall–Kier alpha value is -1.85. The van der Waals surface area contributed by atoms with E-state index in [1.54, 1.807) is 10.9 Å². The molecule has 1 unspecified atom stereocenters.